The number of likely N-dealkylation sites (N-methyl/N-ethyl adjacent to an activating group) is 1. The van der Waals surface area contributed by atoms with E-state index in [0.29, 0.717) is 11.9 Å². The minimum absolute atomic E-state index is 0.276. The van der Waals surface area contributed by atoms with E-state index >= 15 is 0 Å². The zero-order valence-corrected chi connectivity index (χ0v) is 13.3. The van der Waals surface area contributed by atoms with Crippen LogP contribution in [0.5, 0.6) is 0 Å². The highest BCUT2D eigenvalue weighted by Gasteiger charge is 2.15. The standard InChI is InChI=1S/C15H22N4S/c1-10(2)15-17-13(16)9-14(18-15)19(4)11(3)8-12-6-5-7-20-12/h5-7,9-11H,8H2,1-4H3,(H2,16,17,18). The Morgan fingerprint density at radius 2 is 2.05 bits per heavy atom. The lowest BCUT2D eigenvalue weighted by molar-refractivity contribution is 0.671. The van der Waals surface area contributed by atoms with Crippen molar-refractivity contribution in [3.63, 3.8) is 0 Å². The van der Waals surface area contributed by atoms with Crippen molar-refractivity contribution in [2.24, 2.45) is 0 Å². The SMILES string of the molecule is CC(C)c1nc(N)cc(N(C)C(C)Cc2cccs2)n1. The van der Waals surface area contributed by atoms with Gasteiger partial charge < -0.3 is 10.6 Å². The summed E-state index contributed by atoms with van der Waals surface area (Å²) in [5.41, 5.74) is 5.90. The molecule has 0 aliphatic heterocycles. The maximum atomic E-state index is 5.90. The van der Waals surface area contributed by atoms with E-state index in [2.05, 4.69) is 60.2 Å². The van der Waals surface area contributed by atoms with Crippen LogP contribution in [0.15, 0.2) is 23.6 Å². The van der Waals surface area contributed by atoms with Gasteiger partial charge in [0.25, 0.3) is 0 Å². The molecule has 20 heavy (non-hydrogen) atoms. The van der Waals surface area contributed by atoms with Crippen LogP contribution in [-0.2, 0) is 6.42 Å². The molecule has 2 aromatic heterocycles. The number of anilines is 2. The normalized spacial score (nSPS) is 12.7. The van der Waals surface area contributed by atoms with Gasteiger partial charge in [-0.05, 0) is 18.4 Å². The van der Waals surface area contributed by atoms with E-state index in [1.807, 2.05) is 6.07 Å². The quantitative estimate of drug-likeness (QED) is 0.918. The van der Waals surface area contributed by atoms with Crippen molar-refractivity contribution in [2.75, 3.05) is 17.7 Å². The average molecular weight is 290 g/mol. The van der Waals surface area contributed by atoms with Crippen molar-refractivity contribution in [1.29, 1.82) is 0 Å². The second-order valence-electron chi connectivity index (χ2n) is 5.41. The molecule has 2 aromatic rings. The molecule has 0 aliphatic carbocycles. The summed E-state index contributed by atoms with van der Waals surface area (Å²) in [5, 5.41) is 2.11. The number of hydrogen-bond acceptors (Lipinski definition) is 5. The topological polar surface area (TPSA) is 55.0 Å². The Morgan fingerprint density at radius 3 is 2.65 bits per heavy atom. The highest BCUT2D eigenvalue weighted by molar-refractivity contribution is 7.09. The minimum Gasteiger partial charge on any atom is -0.384 e. The summed E-state index contributed by atoms with van der Waals surface area (Å²) in [7, 11) is 2.06. The molecule has 108 valence electrons. The van der Waals surface area contributed by atoms with E-state index in [9.17, 15) is 0 Å². The fraction of sp³-hybridized carbons (Fsp3) is 0.467. The Hall–Kier alpha value is -1.62. The first-order chi connectivity index (χ1) is 9.47. The molecule has 0 spiro atoms. The molecule has 1 unspecified atom stereocenters. The highest BCUT2D eigenvalue weighted by atomic mass is 32.1. The third-order valence-corrected chi connectivity index (χ3v) is 4.26. The Bertz CT molecular complexity index is 551. The van der Waals surface area contributed by atoms with Crippen LogP contribution >= 0.6 is 11.3 Å². The largest absolute Gasteiger partial charge is 0.384 e. The number of nitrogen functional groups attached to an aromatic ring is 1. The van der Waals surface area contributed by atoms with Crippen LogP contribution in [0.1, 0.15) is 37.4 Å². The van der Waals surface area contributed by atoms with Crippen LogP contribution < -0.4 is 10.6 Å². The van der Waals surface area contributed by atoms with Gasteiger partial charge in [0.15, 0.2) is 0 Å². The zero-order chi connectivity index (χ0) is 14.7. The van der Waals surface area contributed by atoms with E-state index in [1.165, 1.54) is 4.88 Å². The molecule has 0 aromatic carbocycles. The highest BCUT2D eigenvalue weighted by Crippen LogP contribution is 2.21. The molecule has 2 rings (SSSR count). The second kappa shape index (κ2) is 6.22. The molecule has 0 fully saturated rings. The second-order valence-corrected chi connectivity index (χ2v) is 6.44. The summed E-state index contributed by atoms with van der Waals surface area (Å²) < 4.78 is 0. The van der Waals surface area contributed by atoms with E-state index in [-0.39, 0.29) is 5.92 Å². The van der Waals surface area contributed by atoms with Crippen LogP contribution in [0, 0.1) is 0 Å². The first-order valence-corrected chi connectivity index (χ1v) is 7.75. The van der Waals surface area contributed by atoms with E-state index in [0.717, 1.165) is 18.1 Å². The maximum absolute atomic E-state index is 5.90. The number of rotatable bonds is 5. The number of aromatic nitrogens is 2. The van der Waals surface area contributed by atoms with Crippen LogP contribution in [0.3, 0.4) is 0 Å². The van der Waals surface area contributed by atoms with Crippen molar-refractivity contribution in [2.45, 2.75) is 39.2 Å². The lowest BCUT2D eigenvalue weighted by Gasteiger charge is -2.26. The zero-order valence-electron chi connectivity index (χ0n) is 12.5. The Labute approximate surface area is 124 Å². The smallest absolute Gasteiger partial charge is 0.135 e. The number of thiophene rings is 1. The van der Waals surface area contributed by atoms with Crippen molar-refractivity contribution in [3.8, 4) is 0 Å². The summed E-state index contributed by atoms with van der Waals surface area (Å²) in [6.45, 7) is 6.36. The predicted octanol–water partition coefficient (Wildman–Crippen LogP) is 3.31. The number of hydrogen-bond donors (Lipinski definition) is 1. The van der Waals surface area contributed by atoms with Gasteiger partial charge in [0.05, 0.1) is 0 Å². The van der Waals surface area contributed by atoms with Crippen molar-refractivity contribution >= 4 is 23.0 Å². The van der Waals surface area contributed by atoms with Gasteiger partial charge in [0, 0.05) is 36.4 Å². The molecule has 0 amide bonds. The van der Waals surface area contributed by atoms with E-state index in [4.69, 9.17) is 5.73 Å². The monoisotopic (exact) mass is 290 g/mol. The molecule has 1 atom stereocenters. The van der Waals surface area contributed by atoms with Gasteiger partial charge in [-0.2, -0.15) is 0 Å². The van der Waals surface area contributed by atoms with Crippen LogP contribution in [0.25, 0.3) is 0 Å². The fourth-order valence-corrected chi connectivity index (χ4v) is 2.82. The first kappa shape index (κ1) is 14.8. The van der Waals surface area contributed by atoms with Crippen molar-refractivity contribution in [3.05, 3.63) is 34.3 Å². The van der Waals surface area contributed by atoms with Crippen molar-refractivity contribution in [1.82, 2.24) is 9.97 Å². The molecular weight excluding hydrogens is 268 g/mol. The van der Waals surface area contributed by atoms with E-state index in [1.54, 1.807) is 11.3 Å². The predicted molar refractivity (Wildman–Crippen MR) is 86.4 cm³/mol. The van der Waals surface area contributed by atoms with Gasteiger partial charge in [-0.15, -0.1) is 11.3 Å². The van der Waals surface area contributed by atoms with Gasteiger partial charge >= 0.3 is 0 Å². The summed E-state index contributed by atoms with van der Waals surface area (Å²) in [6, 6.07) is 6.47. The molecule has 4 nitrogen and oxygen atoms in total. The number of nitrogens with two attached hydrogens (primary N) is 1. The molecule has 0 saturated carbocycles. The third kappa shape index (κ3) is 3.48. The summed E-state index contributed by atoms with van der Waals surface area (Å²) in [4.78, 5) is 12.5. The lowest BCUT2D eigenvalue weighted by atomic mass is 10.2. The molecule has 0 aliphatic rings. The minimum atomic E-state index is 0.276. The van der Waals surface area contributed by atoms with Crippen LogP contribution in [0.4, 0.5) is 11.6 Å². The van der Waals surface area contributed by atoms with E-state index < -0.39 is 0 Å². The lowest BCUT2D eigenvalue weighted by Crippen LogP contribution is -2.31. The molecule has 0 saturated heterocycles. The Morgan fingerprint density at radius 1 is 1.30 bits per heavy atom. The molecule has 0 radical (unpaired) electrons. The van der Waals surface area contributed by atoms with Gasteiger partial charge in [-0.25, -0.2) is 9.97 Å². The van der Waals surface area contributed by atoms with Gasteiger partial charge in [0.1, 0.15) is 17.5 Å². The first-order valence-electron chi connectivity index (χ1n) is 6.87. The average Bonchev–Trinajstić information content (AvgIpc) is 2.89. The van der Waals surface area contributed by atoms with Crippen LogP contribution in [0.2, 0.25) is 0 Å². The van der Waals surface area contributed by atoms with Crippen LogP contribution in [-0.4, -0.2) is 23.1 Å². The Kier molecular flexibility index (Phi) is 4.60. The Balaban J connectivity index is 2.17. The summed E-state index contributed by atoms with van der Waals surface area (Å²) >= 11 is 1.79. The molecular formula is C15H22N4S. The van der Waals surface area contributed by atoms with Crippen molar-refractivity contribution < 1.29 is 0 Å². The van der Waals surface area contributed by atoms with Gasteiger partial charge in [0.2, 0.25) is 0 Å². The summed E-state index contributed by atoms with van der Waals surface area (Å²) in [5.74, 6) is 2.51. The molecule has 2 heterocycles. The third-order valence-electron chi connectivity index (χ3n) is 3.37. The number of nitrogens with zero attached hydrogens (tertiary/aromatic N) is 3. The molecule has 5 heteroatoms. The summed E-state index contributed by atoms with van der Waals surface area (Å²) in [6.07, 6.45) is 1.01. The molecule has 2 N–H and O–H groups in total. The van der Waals surface area contributed by atoms with Gasteiger partial charge in [-0.1, -0.05) is 19.9 Å². The maximum Gasteiger partial charge on any atom is 0.135 e. The van der Waals surface area contributed by atoms with Gasteiger partial charge in [-0.3, -0.25) is 0 Å². The molecule has 0 bridgehead atoms. The fourth-order valence-electron chi connectivity index (χ4n) is 1.99.